The number of hydrogen-bond acceptors (Lipinski definition) is 4. The number of aromatic nitrogens is 3. The molecule has 1 atom stereocenters. The molecule has 0 aliphatic carbocycles. The number of nitrogens with zero attached hydrogens (tertiary/aromatic N) is 4. The van der Waals surface area contributed by atoms with Crippen LogP contribution in [0, 0.1) is 0 Å². The van der Waals surface area contributed by atoms with Crippen LogP contribution >= 0.6 is 0 Å². The topological polar surface area (TPSA) is 94.1 Å². The van der Waals surface area contributed by atoms with Gasteiger partial charge in [0.15, 0.2) is 0 Å². The molecule has 7 heteroatoms. The van der Waals surface area contributed by atoms with E-state index in [4.69, 9.17) is 5.73 Å². The minimum Gasteiger partial charge on any atom is -0.366 e. The van der Waals surface area contributed by atoms with Gasteiger partial charge >= 0.3 is 0 Å². The summed E-state index contributed by atoms with van der Waals surface area (Å²) >= 11 is 0. The molecule has 3 heterocycles. The van der Waals surface area contributed by atoms with Crippen LogP contribution in [0.3, 0.4) is 0 Å². The first-order valence-electron chi connectivity index (χ1n) is 8.10. The number of hydrogen-bond donors (Lipinski definition) is 1. The van der Waals surface area contributed by atoms with Crippen LogP contribution in [-0.4, -0.2) is 44.6 Å². The second kappa shape index (κ2) is 6.01. The van der Waals surface area contributed by atoms with Gasteiger partial charge in [-0.1, -0.05) is 24.3 Å². The van der Waals surface area contributed by atoms with E-state index in [1.807, 2.05) is 30.3 Å². The van der Waals surface area contributed by atoms with Gasteiger partial charge in [0.25, 0.3) is 11.8 Å². The Morgan fingerprint density at radius 3 is 2.84 bits per heavy atom. The molecule has 1 unspecified atom stereocenters. The fourth-order valence-electron chi connectivity index (χ4n) is 3.25. The van der Waals surface area contributed by atoms with Gasteiger partial charge in [-0.2, -0.15) is 5.10 Å². The van der Waals surface area contributed by atoms with Crippen LogP contribution < -0.4 is 5.73 Å². The zero-order valence-corrected chi connectivity index (χ0v) is 13.5. The lowest BCUT2D eigenvalue weighted by Gasteiger charge is -2.17. The predicted octanol–water partition coefficient (Wildman–Crippen LogP) is 1.62. The Kier molecular flexibility index (Phi) is 3.68. The summed E-state index contributed by atoms with van der Waals surface area (Å²) in [6.07, 6.45) is 5.53. The summed E-state index contributed by atoms with van der Waals surface area (Å²) in [6.45, 7) is 1.16. The summed E-state index contributed by atoms with van der Waals surface area (Å²) in [5, 5.41) is 6.05. The highest BCUT2D eigenvalue weighted by Gasteiger charge is 2.30. The van der Waals surface area contributed by atoms with E-state index >= 15 is 0 Å². The predicted molar refractivity (Wildman–Crippen MR) is 92.0 cm³/mol. The summed E-state index contributed by atoms with van der Waals surface area (Å²) in [7, 11) is 0. The number of pyridine rings is 1. The molecule has 1 fully saturated rings. The summed E-state index contributed by atoms with van der Waals surface area (Å²) in [5.74, 6) is -0.585. The maximum absolute atomic E-state index is 12.9. The largest absolute Gasteiger partial charge is 0.366 e. The first-order valence-corrected chi connectivity index (χ1v) is 8.10. The number of benzene rings is 1. The number of fused-ring (bicyclic) bond motifs is 1. The molecule has 0 bridgehead atoms. The Bertz CT molecular complexity index is 960. The van der Waals surface area contributed by atoms with Gasteiger partial charge in [0, 0.05) is 30.9 Å². The zero-order chi connectivity index (χ0) is 17.4. The average molecular weight is 335 g/mol. The van der Waals surface area contributed by atoms with Crippen molar-refractivity contribution in [2.75, 3.05) is 13.1 Å². The molecule has 126 valence electrons. The van der Waals surface area contributed by atoms with Gasteiger partial charge in [-0.25, -0.2) is 0 Å². The van der Waals surface area contributed by atoms with Crippen molar-refractivity contribution in [3.8, 4) is 0 Å². The van der Waals surface area contributed by atoms with Crippen LogP contribution in [0.2, 0.25) is 0 Å². The lowest BCUT2D eigenvalue weighted by atomic mass is 10.1. The van der Waals surface area contributed by atoms with Crippen molar-refractivity contribution in [3.05, 3.63) is 60.2 Å². The summed E-state index contributed by atoms with van der Waals surface area (Å²) in [5.41, 5.74) is 6.11. The van der Waals surface area contributed by atoms with Gasteiger partial charge in [-0.15, -0.1) is 0 Å². The van der Waals surface area contributed by atoms with E-state index in [0.717, 1.165) is 17.2 Å². The molecule has 2 amide bonds. The van der Waals surface area contributed by atoms with Crippen LogP contribution in [0.25, 0.3) is 10.8 Å². The molecule has 0 radical (unpaired) electrons. The van der Waals surface area contributed by atoms with Crippen LogP contribution in [0.15, 0.2) is 48.9 Å². The van der Waals surface area contributed by atoms with E-state index < -0.39 is 5.91 Å². The Morgan fingerprint density at radius 1 is 1.20 bits per heavy atom. The van der Waals surface area contributed by atoms with Crippen molar-refractivity contribution in [1.82, 2.24) is 19.7 Å². The molecule has 0 saturated carbocycles. The summed E-state index contributed by atoms with van der Waals surface area (Å²) in [6, 6.07) is 9.66. The van der Waals surface area contributed by atoms with E-state index in [2.05, 4.69) is 10.1 Å². The van der Waals surface area contributed by atoms with Gasteiger partial charge in [-0.3, -0.25) is 19.3 Å². The molecular formula is C18H17N5O2. The highest BCUT2D eigenvalue weighted by Crippen LogP contribution is 2.25. The van der Waals surface area contributed by atoms with Crippen molar-refractivity contribution in [1.29, 1.82) is 0 Å². The van der Waals surface area contributed by atoms with Gasteiger partial charge in [0.05, 0.1) is 17.8 Å². The number of nitrogens with two attached hydrogens (primary N) is 1. The average Bonchev–Trinajstić information content (AvgIpc) is 3.30. The maximum atomic E-state index is 12.9. The second-order valence-electron chi connectivity index (χ2n) is 6.15. The number of carbonyl (C=O) groups is 2. The molecule has 4 rings (SSSR count). The van der Waals surface area contributed by atoms with Crippen LogP contribution in [-0.2, 0) is 0 Å². The molecule has 2 aromatic heterocycles. The lowest BCUT2D eigenvalue weighted by molar-refractivity contribution is 0.0783. The van der Waals surface area contributed by atoms with Crippen molar-refractivity contribution in [3.63, 3.8) is 0 Å². The molecule has 25 heavy (non-hydrogen) atoms. The number of carbonyl (C=O) groups excluding carboxylic acids is 2. The Hall–Kier alpha value is -3.22. The fraction of sp³-hybridized carbons (Fsp3) is 0.222. The minimum atomic E-state index is -0.503. The van der Waals surface area contributed by atoms with Crippen molar-refractivity contribution in [2.45, 2.75) is 12.5 Å². The molecule has 1 aliphatic rings. The molecular weight excluding hydrogens is 318 g/mol. The van der Waals surface area contributed by atoms with Gasteiger partial charge in [0.1, 0.15) is 5.69 Å². The number of primary amides is 1. The minimum absolute atomic E-state index is 0.0343. The van der Waals surface area contributed by atoms with E-state index in [0.29, 0.717) is 24.3 Å². The van der Waals surface area contributed by atoms with Crippen molar-refractivity contribution >= 4 is 22.6 Å². The molecule has 0 spiro atoms. The standard InChI is InChI=1S/C18H17N5O2/c19-17(24)13-9-21-23(10-13)14-6-8-22(11-14)18(25)16-15-4-2-1-3-12(15)5-7-20-16/h1-5,7,9-10,14H,6,8,11H2,(H2,19,24). The third kappa shape index (κ3) is 2.73. The Balaban J connectivity index is 1.56. The first-order chi connectivity index (χ1) is 12.1. The maximum Gasteiger partial charge on any atom is 0.273 e. The molecule has 7 nitrogen and oxygen atoms in total. The van der Waals surface area contributed by atoms with E-state index in [-0.39, 0.29) is 11.9 Å². The Morgan fingerprint density at radius 2 is 2.04 bits per heavy atom. The first kappa shape index (κ1) is 15.3. The Labute approximate surface area is 144 Å². The third-order valence-corrected chi connectivity index (χ3v) is 4.59. The fourth-order valence-corrected chi connectivity index (χ4v) is 3.25. The second-order valence-corrected chi connectivity index (χ2v) is 6.15. The van der Waals surface area contributed by atoms with E-state index in [1.54, 1.807) is 22.0 Å². The van der Waals surface area contributed by atoms with E-state index in [1.165, 1.54) is 6.20 Å². The SMILES string of the molecule is NC(=O)c1cnn(C2CCN(C(=O)c3nccc4ccccc34)C2)c1. The highest BCUT2D eigenvalue weighted by atomic mass is 16.2. The van der Waals surface area contributed by atoms with Crippen LogP contribution in [0.4, 0.5) is 0 Å². The number of amides is 2. The van der Waals surface area contributed by atoms with Gasteiger partial charge in [-0.05, 0) is 17.9 Å². The van der Waals surface area contributed by atoms with Gasteiger partial charge in [0.2, 0.25) is 0 Å². The molecule has 3 aromatic rings. The quantitative estimate of drug-likeness (QED) is 0.787. The zero-order valence-electron chi connectivity index (χ0n) is 13.5. The van der Waals surface area contributed by atoms with Crippen molar-refractivity contribution < 1.29 is 9.59 Å². The lowest BCUT2D eigenvalue weighted by Crippen LogP contribution is -2.30. The van der Waals surface area contributed by atoms with Crippen LogP contribution in [0.5, 0.6) is 0 Å². The number of rotatable bonds is 3. The monoisotopic (exact) mass is 335 g/mol. The normalized spacial score (nSPS) is 17.1. The van der Waals surface area contributed by atoms with E-state index in [9.17, 15) is 9.59 Å². The van der Waals surface area contributed by atoms with Crippen molar-refractivity contribution in [2.24, 2.45) is 5.73 Å². The smallest absolute Gasteiger partial charge is 0.273 e. The van der Waals surface area contributed by atoms with Crippen LogP contribution in [0.1, 0.15) is 33.3 Å². The molecule has 2 N–H and O–H groups in total. The summed E-state index contributed by atoms with van der Waals surface area (Å²) < 4.78 is 1.71. The molecule has 1 aliphatic heterocycles. The number of likely N-dealkylation sites (tertiary alicyclic amines) is 1. The third-order valence-electron chi connectivity index (χ3n) is 4.59. The summed E-state index contributed by atoms with van der Waals surface area (Å²) in [4.78, 5) is 30.2. The van der Waals surface area contributed by atoms with Gasteiger partial charge < -0.3 is 10.6 Å². The molecule has 1 saturated heterocycles. The molecule has 1 aromatic carbocycles. The highest BCUT2D eigenvalue weighted by molar-refractivity contribution is 6.05.